The van der Waals surface area contributed by atoms with E-state index >= 15 is 0 Å². The van der Waals surface area contributed by atoms with E-state index in [1.54, 1.807) is 10.9 Å². The van der Waals surface area contributed by atoms with Crippen molar-refractivity contribution in [3.8, 4) is 0 Å². The highest BCUT2D eigenvalue weighted by atomic mass is 32.2. The van der Waals surface area contributed by atoms with Crippen LogP contribution in [0.15, 0.2) is 53.6 Å². The van der Waals surface area contributed by atoms with Crippen LogP contribution in [0.3, 0.4) is 0 Å². The average molecular weight is 510 g/mol. The van der Waals surface area contributed by atoms with Crippen molar-refractivity contribution in [1.82, 2.24) is 19.1 Å². The number of nitro groups is 1. The van der Waals surface area contributed by atoms with Crippen molar-refractivity contribution in [3.63, 3.8) is 0 Å². The highest BCUT2D eigenvalue weighted by molar-refractivity contribution is 7.89. The topological polar surface area (TPSA) is 128 Å². The SMILES string of the molecule is CC1(C)CC(=O)c2c([C@@H]3CCCN3S(=O)(=O)c3ccc([N+](=O)[O-])cc3)nn(Cc3ccccn3)c2C1. The molecule has 0 unspecified atom stereocenters. The molecule has 10 nitrogen and oxygen atoms in total. The fourth-order valence-corrected chi connectivity index (χ4v) is 6.89. The van der Waals surface area contributed by atoms with Gasteiger partial charge < -0.3 is 0 Å². The lowest BCUT2D eigenvalue weighted by Gasteiger charge is -2.30. The summed E-state index contributed by atoms with van der Waals surface area (Å²) in [6.07, 6.45) is 3.88. The highest BCUT2D eigenvalue weighted by Crippen LogP contribution is 2.43. The van der Waals surface area contributed by atoms with Crippen LogP contribution in [-0.4, -0.2) is 44.7 Å². The van der Waals surface area contributed by atoms with Crippen LogP contribution >= 0.6 is 0 Å². The van der Waals surface area contributed by atoms with Crippen molar-refractivity contribution in [2.45, 2.75) is 57.0 Å². The van der Waals surface area contributed by atoms with Gasteiger partial charge in [-0.15, -0.1) is 0 Å². The first-order chi connectivity index (χ1) is 17.1. The van der Waals surface area contributed by atoms with Crippen molar-refractivity contribution >= 4 is 21.5 Å². The van der Waals surface area contributed by atoms with E-state index in [2.05, 4.69) is 4.98 Å². The van der Waals surface area contributed by atoms with Crippen LogP contribution in [0.1, 0.15) is 66.6 Å². The third-order valence-corrected chi connectivity index (χ3v) is 8.78. The van der Waals surface area contributed by atoms with Crippen molar-refractivity contribution in [2.24, 2.45) is 5.41 Å². The minimum atomic E-state index is -3.96. The summed E-state index contributed by atoms with van der Waals surface area (Å²) in [6, 6.07) is 9.92. The van der Waals surface area contributed by atoms with E-state index < -0.39 is 21.0 Å². The molecule has 1 aliphatic heterocycles. The van der Waals surface area contributed by atoms with Crippen LogP contribution in [0.4, 0.5) is 5.69 Å². The van der Waals surface area contributed by atoms with Gasteiger partial charge in [0.15, 0.2) is 5.78 Å². The van der Waals surface area contributed by atoms with Crippen LogP contribution in [-0.2, 0) is 23.0 Å². The van der Waals surface area contributed by atoms with E-state index in [0.717, 1.165) is 11.4 Å². The first-order valence-corrected chi connectivity index (χ1v) is 13.3. The zero-order valence-electron chi connectivity index (χ0n) is 20.1. The Morgan fingerprint density at radius 1 is 1.14 bits per heavy atom. The first-order valence-electron chi connectivity index (χ1n) is 11.9. The molecule has 0 bridgehead atoms. The summed E-state index contributed by atoms with van der Waals surface area (Å²) >= 11 is 0. The molecule has 0 N–H and O–H groups in total. The van der Waals surface area contributed by atoms with E-state index in [0.29, 0.717) is 43.5 Å². The smallest absolute Gasteiger partial charge is 0.269 e. The number of Topliss-reactive ketones (excluding diaryl/α,β-unsaturated/α-hetero) is 1. The fourth-order valence-electron chi connectivity index (χ4n) is 5.23. The molecule has 11 heteroatoms. The molecular weight excluding hydrogens is 482 g/mol. The minimum absolute atomic E-state index is 0.0192. The summed E-state index contributed by atoms with van der Waals surface area (Å²) in [7, 11) is -3.96. The fraction of sp³-hybridized carbons (Fsp3) is 0.400. The van der Waals surface area contributed by atoms with E-state index in [-0.39, 0.29) is 28.3 Å². The van der Waals surface area contributed by atoms with Crippen molar-refractivity contribution < 1.29 is 18.1 Å². The number of sulfonamides is 1. The van der Waals surface area contributed by atoms with Crippen LogP contribution in [0.2, 0.25) is 0 Å². The summed E-state index contributed by atoms with van der Waals surface area (Å²) in [6.45, 7) is 4.76. The molecule has 5 rings (SSSR count). The van der Waals surface area contributed by atoms with Crippen LogP contribution in [0.25, 0.3) is 0 Å². The molecule has 1 aromatic carbocycles. The molecule has 0 radical (unpaired) electrons. The summed E-state index contributed by atoms with van der Waals surface area (Å²) in [5.41, 5.74) is 2.22. The Bertz CT molecular complexity index is 1430. The van der Waals surface area contributed by atoms with Crippen molar-refractivity contribution in [3.05, 3.63) is 81.4 Å². The van der Waals surface area contributed by atoms with E-state index in [4.69, 9.17) is 5.10 Å². The number of benzene rings is 1. The molecule has 1 fully saturated rings. The molecule has 3 heterocycles. The second kappa shape index (κ2) is 8.90. The number of hydrogen-bond donors (Lipinski definition) is 0. The number of rotatable bonds is 6. The number of carbonyl (C=O) groups excluding carboxylic acids is 1. The van der Waals surface area contributed by atoms with Gasteiger partial charge in [0.1, 0.15) is 0 Å². The predicted octanol–water partition coefficient (Wildman–Crippen LogP) is 3.92. The van der Waals surface area contributed by atoms with Gasteiger partial charge in [0.2, 0.25) is 10.0 Å². The highest BCUT2D eigenvalue weighted by Gasteiger charge is 2.43. The molecule has 2 aliphatic rings. The number of carbonyl (C=O) groups is 1. The van der Waals surface area contributed by atoms with Gasteiger partial charge in [-0.2, -0.15) is 9.40 Å². The Morgan fingerprint density at radius 2 is 1.89 bits per heavy atom. The number of fused-ring (bicyclic) bond motifs is 1. The lowest BCUT2D eigenvalue weighted by atomic mass is 9.75. The normalized spacial score (nSPS) is 19.8. The van der Waals surface area contributed by atoms with Crippen LogP contribution < -0.4 is 0 Å². The predicted molar refractivity (Wildman–Crippen MR) is 131 cm³/mol. The number of pyridine rings is 1. The molecule has 0 saturated carbocycles. The molecule has 1 aliphatic carbocycles. The molecule has 188 valence electrons. The largest absolute Gasteiger partial charge is 0.294 e. The maximum atomic E-state index is 13.6. The Morgan fingerprint density at radius 3 is 2.56 bits per heavy atom. The number of aromatic nitrogens is 3. The molecule has 3 aromatic rings. The number of nitro benzene ring substituents is 1. The third kappa shape index (κ3) is 4.33. The van der Waals surface area contributed by atoms with Crippen LogP contribution in [0, 0.1) is 15.5 Å². The number of hydrogen-bond acceptors (Lipinski definition) is 7. The molecule has 36 heavy (non-hydrogen) atoms. The molecule has 1 saturated heterocycles. The lowest BCUT2D eigenvalue weighted by Crippen LogP contribution is -2.33. The second-order valence-electron chi connectivity index (χ2n) is 10.2. The Balaban J connectivity index is 1.56. The van der Waals surface area contributed by atoms with Gasteiger partial charge in [-0.05, 0) is 48.9 Å². The monoisotopic (exact) mass is 509 g/mol. The van der Waals surface area contributed by atoms with Gasteiger partial charge in [-0.3, -0.25) is 24.6 Å². The van der Waals surface area contributed by atoms with Gasteiger partial charge in [0.05, 0.1) is 45.1 Å². The summed E-state index contributed by atoms with van der Waals surface area (Å²) < 4.78 is 30.3. The zero-order chi connectivity index (χ0) is 25.7. The van der Waals surface area contributed by atoms with Gasteiger partial charge in [-0.25, -0.2) is 8.42 Å². The van der Waals surface area contributed by atoms with Crippen molar-refractivity contribution in [2.75, 3.05) is 6.54 Å². The lowest BCUT2D eigenvalue weighted by molar-refractivity contribution is -0.384. The van der Waals surface area contributed by atoms with Gasteiger partial charge in [0.25, 0.3) is 5.69 Å². The number of non-ortho nitro benzene ring substituents is 1. The maximum absolute atomic E-state index is 13.6. The van der Waals surface area contributed by atoms with Crippen molar-refractivity contribution in [1.29, 1.82) is 0 Å². The third-order valence-electron chi connectivity index (χ3n) is 6.86. The van der Waals surface area contributed by atoms with Gasteiger partial charge >= 0.3 is 0 Å². The van der Waals surface area contributed by atoms with Crippen LogP contribution in [0.5, 0.6) is 0 Å². The first kappa shape index (κ1) is 24.3. The molecule has 2 aromatic heterocycles. The van der Waals surface area contributed by atoms with E-state index in [1.807, 2.05) is 32.0 Å². The minimum Gasteiger partial charge on any atom is -0.294 e. The maximum Gasteiger partial charge on any atom is 0.269 e. The Kier molecular flexibility index (Phi) is 6.00. The Hall–Kier alpha value is -3.44. The number of nitrogens with zero attached hydrogens (tertiary/aromatic N) is 5. The summed E-state index contributed by atoms with van der Waals surface area (Å²) in [4.78, 5) is 28.2. The molecule has 1 atom stereocenters. The van der Waals surface area contributed by atoms with Gasteiger partial charge in [0, 0.05) is 31.3 Å². The summed E-state index contributed by atoms with van der Waals surface area (Å²) in [5.74, 6) is -0.0249. The van der Waals surface area contributed by atoms with E-state index in [1.165, 1.54) is 28.6 Å². The number of ketones is 1. The Labute approximate surface area is 209 Å². The molecular formula is C25H27N5O5S. The molecule has 0 spiro atoms. The quantitative estimate of drug-likeness (QED) is 0.364. The molecule has 0 amide bonds. The average Bonchev–Trinajstić information content (AvgIpc) is 3.45. The summed E-state index contributed by atoms with van der Waals surface area (Å²) in [5, 5.41) is 15.8. The standard InChI is InChI=1S/C25H27N5O5S/c1-25(2)14-21-23(22(31)15-25)24(27-28(21)16-17-6-3-4-12-26-17)20-7-5-13-29(20)36(34,35)19-10-8-18(9-11-19)30(32)33/h3-4,6,8-12,20H,5,7,13-16H2,1-2H3/t20-/m0/s1. The second-order valence-corrected chi connectivity index (χ2v) is 12.0. The van der Waals surface area contributed by atoms with E-state index in [9.17, 15) is 23.3 Å². The van der Waals surface area contributed by atoms with Gasteiger partial charge in [-0.1, -0.05) is 19.9 Å². The zero-order valence-corrected chi connectivity index (χ0v) is 20.9.